The van der Waals surface area contributed by atoms with Crippen molar-refractivity contribution in [1.82, 2.24) is 0 Å². The molecule has 0 amide bonds. The molecule has 0 heterocycles. The smallest absolute Gasteiger partial charge is 0.134 e. The minimum absolute atomic E-state index is 0.176. The molecule has 0 bridgehead atoms. The molecule has 8 atom stereocenters. The van der Waals surface area contributed by atoms with Gasteiger partial charge in [-0.1, -0.05) is 24.3 Å². The molecule has 0 N–H and O–H groups in total. The van der Waals surface area contributed by atoms with Gasteiger partial charge in [-0.15, -0.1) is 0 Å². The molecule has 4 aliphatic carbocycles. The summed E-state index contributed by atoms with van der Waals surface area (Å²) in [4.78, 5) is 23.9. The molecular formula is C16H18O2. The lowest BCUT2D eigenvalue weighted by Gasteiger charge is -2.21. The first kappa shape index (κ1) is 10.7. The highest BCUT2D eigenvalue weighted by atomic mass is 16.1. The van der Waals surface area contributed by atoms with Crippen LogP contribution in [0, 0.1) is 47.3 Å². The minimum atomic E-state index is 0.176. The van der Waals surface area contributed by atoms with Crippen LogP contribution in [0.2, 0.25) is 0 Å². The van der Waals surface area contributed by atoms with Crippen LogP contribution in [-0.4, -0.2) is 11.6 Å². The molecule has 2 nitrogen and oxygen atoms in total. The fraction of sp³-hybridized carbons (Fsp3) is 0.625. The van der Waals surface area contributed by atoms with E-state index >= 15 is 0 Å². The quantitative estimate of drug-likeness (QED) is 0.696. The molecule has 2 fully saturated rings. The zero-order valence-electron chi connectivity index (χ0n) is 10.7. The summed E-state index contributed by atoms with van der Waals surface area (Å²) in [7, 11) is 0. The van der Waals surface area contributed by atoms with Gasteiger partial charge in [0.05, 0.1) is 0 Å². The van der Waals surface area contributed by atoms with Gasteiger partial charge in [0.2, 0.25) is 0 Å². The van der Waals surface area contributed by atoms with Gasteiger partial charge in [-0.2, -0.15) is 0 Å². The second kappa shape index (κ2) is 3.23. The number of carbonyl (C=O) groups excluding carboxylic acids is 2. The van der Waals surface area contributed by atoms with E-state index in [9.17, 15) is 9.59 Å². The van der Waals surface area contributed by atoms with Gasteiger partial charge in [0, 0.05) is 11.8 Å². The summed E-state index contributed by atoms with van der Waals surface area (Å²) in [6.07, 6.45) is 8.94. The maximum absolute atomic E-state index is 11.9. The third-order valence-corrected chi connectivity index (χ3v) is 5.93. The summed E-state index contributed by atoms with van der Waals surface area (Å²) < 4.78 is 0. The second-order valence-electron chi connectivity index (χ2n) is 6.51. The Bertz CT molecular complexity index is 427. The third-order valence-electron chi connectivity index (χ3n) is 5.93. The van der Waals surface area contributed by atoms with Crippen molar-refractivity contribution in [2.24, 2.45) is 47.3 Å². The molecule has 0 radical (unpaired) electrons. The highest BCUT2D eigenvalue weighted by Crippen LogP contribution is 2.67. The van der Waals surface area contributed by atoms with E-state index in [1.165, 1.54) is 0 Å². The minimum Gasteiger partial charge on any atom is -0.300 e. The molecule has 0 aliphatic heterocycles. The molecule has 2 heteroatoms. The maximum Gasteiger partial charge on any atom is 0.134 e. The van der Waals surface area contributed by atoms with Crippen molar-refractivity contribution in [3.05, 3.63) is 24.3 Å². The van der Waals surface area contributed by atoms with Crippen molar-refractivity contribution in [2.75, 3.05) is 0 Å². The molecule has 2 saturated carbocycles. The first-order chi connectivity index (χ1) is 8.61. The predicted molar refractivity (Wildman–Crippen MR) is 67.6 cm³/mol. The Morgan fingerprint density at radius 2 is 0.944 bits per heavy atom. The summed E-state index contributed by atoms with van der Waals surface area (Å²) in [6.45, 7) is 3.47. The van der Waals surface area contributed by atoms with Gasteiger partial charge in [-0.3, -0.25) is 9.59 Å². The van der Waals surface area contributed by atoms with Crippen LogP contribution < -0.4 is 0 Å². The van der Waals surface area contributed by atoms with Crippen molar-refractivity contribution < 1.29 is 9.59 Å². The lowest BCUT2D eigenvalue weighted by molar-refractivity contribution is -0.122. The molecule has 4 aliphatic rings. The Balaban J connectivity index is 1.82. The van der Waals surface area contributed by atoms with E-state index in [0.717, 1.165) is 0 Å². The average molecular weight is 242 g/mol. The lowest BCUT2D eigenvalue weighted by atomic mass is 9.80. The highest BCUT2D eigenvalue weighted by Gasteiger charge is 2.65. The van der Waals surface area contributed by atoms with Gasteiger partial charge in [0.1, 0.15) is 11.6 Å². The highest BCUT2D eigenvalue weighted by molar-refractivity contribution is 5.83. The summed E-state index contributed by atoms with van der Waals surface area (Å²) >= 11 is 0. The van der Waals surface area contributed by atoms with E-state index in [0.29, 0.717) is 47.1 Å². The van der Waals surface area contributed by atoms with Crippen molar-refractivity contribution in [1.29, 1.82) is 0 Å². The number of rotatable bonds is 2. The van der Waals surface area contributed by atoms with Crippen LogP contribution >= 0.6 is 0 Å². The van der Waals surface area contributed by atoms with Gasteiger partial charge in [-0.05, 0) is 49.4 Å². The fourth-order valence-electron chi connectivity index (χ4n) is 5.60. The summed E-state index contributed by atoms with van der Waals surface area (Å²) in [5.41, 5.74) is 0. The summed E-state index contributed by atoms with van der Waals surface area (Å²) in [6, 6.07) is 0. The van der Waals surface area contributed by atoms with Crippen LogP contribution in [0.3, 0.4) is 0 Å². The Hall–Kier alpha value is -1.18. The number of carbonyl (C=O) groups is 2. The molecule has 0 saturated heterocycles. The van der Waals surface area contributed by atoms with Crippen LogP contribution in [0.15, 0.2) is 24.3 Å². The molecule has 0 aromatic heterocycles. The monoisotopic (exact) mass is 242 g/mol. The zero-order chi connectivity index (χ0) is 12.6. The Morgan fingerprint density at radius 3 is 1.17 bits per heavy atom. The number of hydrogen-bond donors (Lipinski definition) is 0. The molecule has 0 aromatic carbocycles. The van der Waals surface area contributed by atoms with Gasteiger partial charge in [0.15, 0.2) is 0 Å². The average Bonchev–Trinajstić information content (AvgIpc) is 2.95. The first-order valence-electron chi connectivity index (χ1n) is 6.99. The van der Waals surface area contributed by atoms with Crippen LogP contribution in [0.4, 0.5) is 0 Å². The SMILES string of the molecule is CC(=O)C1[C@H]2C=C[C@@H]3C(C(C)=O)[C@@H]4C=C[C@H]1C4C23. The number of allylic oxidation sites excluding steroid dienone is 4. The number of hydrogen-bond acceptors (Lipinski definition) is 2. The summed E-state index contributed by atoms with van der Waals surface area (Å²) in [5.74, 6) is 3.72. The topological polar surface area (TPSA) is 34.1 Å². The number of ketones is 2. The van der Waals surface area contributed by atoms with E-state index in [2.05, 4.69) is 24.3 Å². The van der Waals surface area contributed by atoms with Crippen LogP contribution in [0.25, 0.3) is 0 Å². The van der Waals surface area contributed by atoms with Gasteiger partial charge >= 0.3 is 0 Å². The Labute approximate surface area is 107 Å². The van der Waals surface area contributed by atoms with Gasteiger partial charge < -0.3 is 0 Å². The van der Waals surface area contributed by atoms with Crippen molar-refractivity contribution in [3.8, 4) is 0 Å². The zero-order valence-corrected chi connectivity index (χ0v) is 10.7. The summed E-state index contributed by atoms with van der Waals surface area (Å²) in [5, 5.41) is 0. The van der Waals surface area contributed by atoms with E-state index in [4.69, 9.17) is 0 Å². The normalized spacial score (nSPS) is 54.1. The molecule has 94 valence electrons. The first-order valence-corrected chi connectivity index (χ1v) is 6.99. The standard InChI is InChI=1S/C16H18O2/c1-7(17)13-9-3-5-11-14(8(2)18)12-6-4-10(13)16(12)15(9)11/h3-6,9-16H,1-2H3/t9-,10-,11-,12+,13?,14?,15?,16?/m1/s1. The second-order valence-corrected chi connectivity index (χ2v) is 6.51. The predicted octanol–water partition coefficient (Wildman–Crippen LogP) is 2.26. The molecular weight excluding hydrogens is 224 g/mol. The van der Waals surface area contributed by atoms with Crippen LogP contribution in [0.5, 0.6) is 0 Å². The van der Waals surface area contributed by atoms with E-state index in [-0.39, 0.29) is 11.8 Å². The van der Waals surface area contributed by atoms with E-state index in [1.807, 2.05) is 0 Å². The van der Waals surface area contributed by atoms with Crippen molar-refractivity contribution in [3.63, 3.8) is 0 Å². The lowest BCUT2D eigenvalue weighted by Crippen LogP contribution is -2.26. The number of Topliss-reactive ketones (excluding diaryl/α,β-unsaturated/α-hetero) is 2. The Morgan fingerprint density at radius 1 is 0.667 bits per heavy atom. The molecule has 4 rings (SSSR count). The van der Waals surface area contributed by atoms with Gasteiger partial charge in [-0.25, -0.2) is 0 Å². The fourth-order valence-corrected chi connectivity index (χ4v) is 5.60. The van der Waals surface area contributed by atoms with E-state index < -0.39 is 0 Å². The van der Waals surface area contributed by atoms with E-state index in [1.54, 1.807) is 13.8 Å². The Kier molecular flexibility index (Phi) is 1.92. The molecule has 4 unspecified atom stereocenters. The van der Waals surface area contributed by atoms with Crippen LogP contribution in [0.1, 0.15) is 13.8 Å². The van der Waals surface area contributed by atoms with Crippen molar-refractivity contribution in [2.45, 2.75) is 13.8 Å². The van der Waals surface area contributed by atoms with Gasteiger partial charge in [0.25, 0.3) is 0 Å². The maximum atomic E-state index is 11.9. The van der Waals surface area contributed by atoms with Crippen molar-refractivity contribution >= 4 is 11.6 Å². The third kappa shape index (κ3) is 1.01. The molecule has 0 aromatic rings. The molecule has 18 heavy (non-hydrogen) atoms. The largest absolute Gasteiger partial charge is 0.300 e. The molecule has 0 spiro atoms. The van der Waals surface area contributed by atoms with Crippen LogP contribution in [-0.2, 0) is 9.59 Å².